The third-order valence-electron chi connectivity index (χ3n) is 6.58. The molecule has 3 N–H and O–H groups in total. The molecule has 0 fully saturated rings. The van der Waals surface area contributed by atoms with E-state index in [4.69, 9.17) is 20.4 Å². The highest BCUT2D eigenvalue weighted by Gasteiger charge is 2.19. The fourth-order valence-corrected chi connectivity index (χ4v) is 4.56. The van der Waals surface area contributed by atoms with Crippen LogP contribution >= 0.6 is 0 Å². The van der Waals surface area contributed by atoms with Crippen molar-refractivity contribution in [3.05, 3.63) is 120 Å². The third kappa shape index (κ3) is 4.99. The molecule has 0 aliphatic heterocycles. The maximum Gasteiger partial charge on any atom is 0.337 e. The number of fused-ring (bicyclic) bond motifs is 1. The van der Waals surface area contributed by atoms with E-state index < -0.39 is 5.97 Å². The lowest BCUT2D eigenvalue weighted by atomic mass is 10.1. The number of hydrogen-bond acceptors (Lipinski definition) is 7. The second-order valence-corrected chi connectivity index (χ2v) is 9.19. The van der Waals surface area contributed by atoms with Gasteiger partial charge in [-0.3, -0.25) is 9.36 Å². The molecule has 9 heteroatoms. The Labute approximate surface area is 235 Å². The van der Waals surface area contributed by atoms with Gasteiger partial charge in [-0.25, -0.2) is 19.7 Å². The standard InChI is InChI=1S/C32H24N6O3/c1-41-32(40)22-10-5-9-21(19-22)31(39)35-23-12-14-24(15-13-23)38-29(25-11-6-18-34-28(25)33)37-27-17-16-26(36-30(27)38)20-7-3-2-4-8-20/h2-19H,1H3,(H2,33,34)(H,35,39). The fraction of sp³-hybridized carbons (Fsp3) is 0.0312. The van der Waals surface area contributed by atoms with Crippen molar-refractivity contribution in [3.8, 4) is 28.3 Å². The van der Waals surface area contributed by atoms with Crippen molar-refractivity contribution in [2.45, 2.75) is 0 Å². The van der Waals surface area contributed by atoms with Gasteiger partial charge in [-0.15, -0.1) is 0 Å². The molecule has 1 amide bonds. The lowest BCUT2D eigenvalue weighted by Gasteiger charge is -2.12. The van der Waals surface area contributed by atoms with Gasteiger partial charge < -0.3 is 15.8 Å². The highest BCUT2D eigenvalue weighted by Crippen LogP contribution is 2.32. The number of nitrogen functional groups attached to an aromatic ring is 1. The summed E-state index contributed by atoms with van der Waals surface area (Å²) in [6.45, 7) is 0. The van der Waals surface area contributed by atoms with Crippen molar-refractivity contribution in [3.63, 3.8) is 0 Å². The summed E-state index contributed by atoms with van der Waals surface area (Å²) in [7, 11) is 1.30. The number of imidazole rings is 1. The van der Waals surface area contributed by atoms with Gasteiger partial charge in [-0.2, -0.15) is 0 Å². The first kappa shape index (κ1) is 25.4. The fourth-order valence-electron chi connectivity index (χ4n) is 4.56. The molecule has 6 rings (SSSR count). The van der Waals surface area contributed by atoms with Crippen LogP contribution in [0.25, 0.3) is 39.5 Å². The number of esters is 1. The van der Waals surface area contributed by atoms with Gasteiger partial charge in [0.2, 0.25) is 0 Å². The van der Waals surface area contributed by atoms with Crippen molar-refractivity contribution in [2.24, 2.45) is 0 Å². The Balaban J connectivity index is 1.39. The molecule has 0 bridgehead atoms. The summed E-state index contributed by atoms with van der Waals surface area (Å²) in [5.41, 5.74) is 12.1. The van der Waals surface area contributed by atoms with Gasteiger partial charge in [0.05, 0.1) is 23.9 Å². The Kier molecular flexibility index (Phi) is 6.67. The van der Waals surface area contributed by atoms with Crippen LogP contribution in [0.5, 0.6) is 0 Å². The van der Waals surface area contributed by atoms with Crippen LogP contribution in [0.4, 0.5) is 11.5 Å². The normalized spacial score (nSPS) is 10.9. The number of pyridine rings is 2. The molecule has 0 saturated carbocycles. The van der Waals surface area contributed by atoms with E-state index in [1.165, 1.54) is 13.2 Å². The van der Waals surface area contributed by atoms with Crippen molar-refractivity contribution < 1.29 is 14.3 Å². The van der Waals surface area contributed by atoms with E-state index in [-0.39, 0.29) is 5.91 Å². The number of rotatable bonds is 6. The summed E-state index contributed by atoms with van der Waals surface area (Å²) in [5, 5.41) is 2.88. The Bertz CT molecular complexity index is 1900. The average molecular weight is 541 g/mol. The van der Waals surface area contributed by atoms with Crippen molar-refractivity contribution in [2.75, 3.05) is 18.2 Å². The van der Waals surface area contributed by atoms with Gasteiger partial charge in [-0.05, 0) is 66.7 Å². The summed E-state index contributed by atoms with van der Waals surface area (Å²) in [6.07, 6.45) is 1.63. The number of nitrogens with two attached hydrogens (primary N) is 1. The largest absolute Gasteiger partial charge is 0.465 e. The quantitative estimate of drug-likeness (QED) is 0.257. The number of amides is 1. The number of benzene rings is 3. The van der Waals surface area contributed by atoms with Crippen molar-refractivity contribution in [1.82, 2.24) is 19.5 Å². The second kappa shape index (κ2) is 10.7. The molecule has 0 radical (unpaired) electrons. The van der Waals surface area contributed by atoms with Crippen molar-refractivity contribution >= 4 is 34.5 Å². The smallest absolute Gasteiger partial charge is 0.337 e. The van der Waals surface area contributed by atoms with Gasteiger partial charge >= 0.3 is 5.97 Å². The number of anilines is 2. The Morgan fingerprint density at radius 3 is 2.37 bits per heavy atom. The van der Waals surface area contributed by atoms with Gasteiger partial charge in [0.25, 0.3) is 5.91 Å². The molecule has 3 aromatic heterocycles. The Morgan fingerprint density at radius 2 is 1.61 bits per heavy atom. The number of methoxy groups -OCH3 is 1. The SMILES string of the molecule is COC(=O)c1cccc(C(=O)Nc2ccc(-n3c(-c4cccnc4N)nc4ccc(-c5ccccc5)nc43)cc2)c1. The van der Waals surface area contributed by atoms with Crippen LogP contribution < -0.4 is 11.1 Å². The summed E-state index contributed by atoms with van der Waals surface area (Å²) >= 11 is 0. The number of ether oxygens (including phenoxy) is 1. The molecule has 3 heterocycles. The van der Waals surface area contributed by atoms with Crippen LogP contribution in [0.2, 0.25) is 0 Å². The summed E-state index contributed by atoms with van der Waals surface area (Å²) < 4.78 is 6.69. The lowest BCUT2D eigenvalue weighted by Crippen LogP contribution is -2.13. The van der Waals surface area contributed by atoms with E-state index in [9.17, 15) is 9.59 Å². The lowest BCUT2D eigenvalue weighted by molar-refractivity contribution is 0.0600. The number of carbonyl (C=O) groups excluding carboxylic acids is 2. The van der Waals surface area contributed by atoms with E-state index in [2.05, 4.69) is 10.3 Å². The third-order valence-corrected chi connectivity index (χ3v) is 6.58. The molecule has 0 saturated heterocycles. The van der Waals surface area contributed by atoms with E-state index in [1.807, 2.05) is 71.3 Å². The minimum Gasteiger partial charge on any atom is -0.465 e. The molecule has 0 unspecified atom stereocenters. The van der Waals surface area contributed by atoms with E-state index in [0.29, 0.717) is 45.2 Å². The Morgan fingerprint density at radius 1 is 0.829 bits per heavy atom. The minimum atomic E-state index is -0.509. The molecular weight excluding hydrogens is 516 g/mol. The predicted octanol–water partition coefficient (Wildman–Crippen LogP) is 5.77. The van der Waals surface area contributed by atoms with Crippen LogP contribution in [0.15, 0.2) is 109 Å². The maximum absolute atomic E-state index is 12.9. The molecule has 200 valence electrons. The summed E-state index contributed by atoms with van der Waals surface area (Å²) in [4.78, 5) is 38.9. The maximum atomic E-state index is 12.9. The first-order valence-corrected chi connectivity index (χ1v) is 12.8. The molecule has 0 atom stereocenters. The molecule has 41 heavy (non-hydrogen) atoms. The van der Waals surface area contributed by atoms with Crippen molar-refractivity contribution in [1.29, 1.82) is 0 Å². The molecule has 3 aromatic carbocycles. The number of nitrogens with zero attached hydrogens (tertiary/aromatic N) is 4. The van der Waals surface area contributed by atoms with Gasteiger partial charge in [0.15, 0.2) is 11.5 Å². The zero-order valence-corrected chi connectivity index (χ0v) is 22.0. The molecule has 0 spiro atoms. The zero-order valence-electron chi connectivity index (χ0n) is 22.0. The minimum absolute atomic E-state index is 0.298. The molecule has 9 nitrogen and oxygen atoms in total. The molecular formula is C32H24N6O3. The highest BCUT2D eigenvalue weighted by atomic mass is 16.5. The van der Waals surface area contributed by atoms with Gasteiger partial charge in [0, 0.05) is 28.7 Å². The van der Waals surface area contributed by atoms with Gasteiger partial charge in [-0.1, -0.05) is 36.4 Å². The van der Waals surface area contributed by atoms with Crippen LogP contribution in [0.3, 0.4) is 0 Å². The number of carbonyl (C=O) groups is 2. The zero-order chi connectivity index (χ0) is 28.3. The number of nitrogens with one attached hydrogen (secondary N) is 1. The summed E-state index contributed by atoms with van der Waals surface area (Å²) in [6, 6.07) is 31.2. The number of hydrogen-bond donors (Lipinski definition) is 2. The molecule has 6 aromatic rings. The summed E-state index contributed by atoms with van der Waals surface area (Å²) in [5.74, 6) is 0.0883. The highest BCUT2D eigenvalue weighted by molar-refractivity contribution is 6.05. The van der Waals surface area contributed by atoms with E-state index >= 15 is 0 Å². The monoisotopic (exact) mass is 540 g/mol. The van der Waals surface area contributed by atoms with Crippen LogP contribution in [0, 0.1) is 0 Å². The average Bonchev–Trinajstić information content (AvgIpc) is 3.40. The van der Waals surface area contributed by atoms with E-state index in [0.717, 1.165) is 16.9 Å². The first-order chi connectivity index (χ1) is 20.0. The topological polar surface area (TPSA) is 125 Å². The van der Waals surface area contributed by atoms with Crippen LogP contribution in [-0.4, -0.2) is 38.5 Å². The van der Waals surface area contributed by atoms with E-state index in [1.54, 1.807) is 36.5 Å². The number of aromatic nitrogens is 4. The van der Waals surface area contributed by atoms with Crippen LogP contribution in [-0.2, 0) is 4.74 Å². The predicted molar refractivity (Wildman–Crippen MR) is 158 cm³/mol. The Hall–Kier alpha value is -5.83. The first-order valence-electron chi connectivity index (χ1n) is 12.8. The van der Waals surface area contributed by atoms with Crippen LogP contribution in [0.1, 0.15) is 20.7 Å². The molecule has 0 aliphatic carbocycles. The molecule has 0 aliphatic rings. The van der Waals surface area contributed by atoms with Gasteiger partial charge in [0.1, 0.15) is 11.3 Å². The second-order valence-electron chi connectivity index (χ2n) is 9.19.